The molecule has 3 aromatic carbocycles. The smallest absolute Gasteiger partial charge is 0.123 e. The molecule has 178 valence electrons. The number of benzene rings is 3. The molecular weight excluding hydrogens is 421 g/mol. The third-order valence-electron chi connectivity index (χ3n) is 6.90. The molecule has 1 saturated heterocycles. The van der Waals surface area contributed by atoms with Gasteiger partial charge in [-0.25, -0.2) is 4.39 Å². The summed E-state index contributed by atoms with van der Waals surface area (Å²) in [6.45, 7) is 9.55. The van der Waals surface area contributed by atoms with E-state index in [1.165, 1.54) is 16.7 Å². The maximum Gasteiger partial charge on any atom is 0.123 e. The molecule has 0 radical (unpaired) electrons. The number of nitrogens with zero attached hydrogens (tertiary/aromatic N) is 3. The molecule has 0 N–H and O–H groups in total. The molecule has 1 atom stereocenters. The van der Waals surface area contributed by atoms with Gasteiger partial charge in [-0.2, -0.15) is 0 Å². The summed E-state index contributed by atoms with van der Waals surface area (Å²) in [6.07, 6.45) is 2.36. The first-order valence-corrected chi connectivity index (χ1v) is 12.3. The van der Waals surface area contributed by atoms with Crippen LogP contribution < -0.4 is 0 Å². The van der Waals surface area contributed by atoms with Gasteiger partial charge in [0.05, 0.1) is 0 Å². The molecule has 3 aromatic rings. The van der Waals surface area contributed by atoms with E-state index in [9.17, 15) is 4.39 Å². The number of likely N-dealkylation sites (N-methyl/N-ethyl adjacent to an activating group) is 1. The summed E-state index contributed by atoms with van der Waals surface area (Å²) >= 11 is 0. The first-order chi connectivity index (χ1) is 16.6. The molecule has 0 bridgehead atoms. The van der Waals surface area contributed by atoms with Crippen molar-refractivity contribution in [2.45, 2.75) is 13.0 Å². The van der Waals surface area contributed by atoms with Crippen molar-refractivity contribution >= 4 is 5.57 Å². The van der Waals surface area contributed by atoms with Crippen molar-refractivity contribution in [3.8, 4) is 0 Å². The van der Waals surface area contributed by atoms with Crippen LogP contribution in [0.5, 0.6) is 0 Å². The Morgan fingerprint density at radius 2 is 1.41 bits per heavy atom. The first kappa shape index (κ1) is 24.3. The molecule has 4 heteroatoms. The van der Waals surface area contributed by atoms with Crippen LogP contribution in [0.4, 0.5) is 4.39 Å². The van der Waals surface area contributed by atoms with Crippen molar-refractivity contribution in [2.24, 2.45) is 0 Å². The zero-order valence-corrected chi connectivity index (χ0v) is 20.4. The molecule has 1 unspecified atom stereocenters. The molecule has 3 nitrogen and oxygen atoms in total. The predicted octanol–water partition coefficient (Wildman–Crippen LogP) is 5.57. The summed E-state index contributed by atoms with van der Waals surface area (Å²) in [5.41, 5.74) is 4.84. The number of rotatable bonds is 9. The van der Waals surface area contributed by atoms with Crippen molar-refractivity contribution in [1.82, 2.24) is 14.7 Å². The molecule has 0 saturated carbocycles. The zero-order valence-electron chi connectivity index (χ0n) is 20.4. The van der Waals surface area contributed by atoms with Gasteiger partial charge in [0.2, 0.25) is 0 Å². The molecular formula is C30H36FN3. The highest BCUT2D eigenvalue weighted by molar-refractivity contribution is 5.79. The van der Waals surface area contributed by atoms with Crippen molar-refractivity contribution in [3.63, 3.8) is 0 Å². The Bertz CT molecular complexity index is 984. The summed E-state index contributed by atoms with van der Waals surface area (Å²) in [5.74, 6) is -0.185. The lowest BCUT2D eigenvalue weighted by Crippen LogP contribution is -2.47. The molecule has 4 rings (SSSR count). The van der Waals surface area contributed by atoms with E-state index in [-0.39, 0.29) is 11.9 Å². The van der Waals surface area contributed by atoms with Gasteiger partial charge in [-0.05, 0) is 48.4 Å². The van der Waals surface area contributed by atoms with Crippen LogP contribution in [-0.2, 0) is 0 Å². The maximum absolute atomic E-state index is 13.6. The standard InChI is InChI=1S/C30H36FN3/c1-25(26-13-15-29(31)16-14-26)34(24-23-33-21-19-32(2)20-22-33)18-17-30(27-9-5-3-6-10-27)28-11-7-4-8-12-28/h3-17,25H,18-24H2,1-2H3. The minimum atomic E-state index is -0.185. The van der Waals surface area contributed by atoms with Crippen LogP contribution in [0, 0.1) is 5.82 Å². The molecule has 0 amide bonds. The Morgan fingerprint density at radius 3 is 1.97 bits per heavy atom. The van der Waals surface area contributed by atoms with E-state index in [4.69, 9.17) is 0 Å². The van der Waals surface area contributed by atoms with Crippen molar-refractivity contribution in [2.75, 3.05) is 52.9 Å². The Balaban J connectivity index is 1.57. The van der Waals surface area contributed by atoms with Gasteiger partial charge in [-0.3, -0.25) is 9.80 Å². The highest BCUT2D eigenvalue weighted by Crippen LogP contribution is 2.25. The Kier molecular flexibility index (Phi) is 8.64. The van der Waals surface area contributed by atoms with Crippen LogP contribution in [-0.4, -0.2) is 67.6 Å². The summed E-state index contributed by atoms with van der Waals surface area (Å²) in [4.78, 5) is 7.46. The lowest BCUT2D eigenvalue weighted by Gasteiger charge is -2.35. The monoisotopic (exact) mass is 457 g/mol. The van der Waals surface area contributed by atoms with Crippen LogP contribution in [0.3, 0.4) is 0 Å². The first-order valence-electron chi connectivity index (χ1n) is 12.3. The van der Waals surface area contributed by atoms with Crippen LogP contribution >= 0.6 is 0 Å². The molecule has 0 spiro atoms. The second-order valence-electron chi connectivity index (χ2n) is 9.22. The van der Waals surface area contributed by atoms with Gasteiger partial charge in [0.1, 0.15) is 5.82 Å². The van der Waals surface area contributed by atoms with Crippen LogP contribution in [0.15, 0.2) is 91.0 Å². The molecule has 1 aliphatic rings. The third-order valence-corrected chi connectivity index (χ3v) is 6.90. The number of hydrogen-bond donors (Lipinski definition) is 0. The van der Waals surface area contributed by atoms with Gasteiger partial charge in [-0.1, -0.05) is 78.9 Å². The van der Waals surface area contributed by atoms with Gasteiger partial charge < -0.3 is 4.90 Å². The number of hydrogen-bond acceptors (Lipinski definition) is 3. The van der Waals surface area contributed by atoms with Gasteiger partial charge in [0, 0.05) is 51.9 Å². The molecule has 34 heavy (non-hydrogen) atoms. The van der Waals surface area contributed by atoms with E-state index in [1.807, 2.05) is 12.1 Å². The van der Waals surface area contributed by atoms with E-state index in [0.717, 1.165) is 51.4 Å². The van der Waals surface area contributed by atoms with E-state index in [0.29, 0.717) is 0 Å². The van der Waals surface area contributed by atoms with Gasteiger partial charge in [0.25, 0.3) is 0 Å². The number of halogens is 1. The van der Waals surface area contributed by atoms with E-state index >= 15 is 0 Å². The second kappa shape index (κ2) is 12.1. The average Bonchev–Trinajstić information content (AvgIpc) is 2.88. The fraction of sp³-hybridized carbons (Fsp3) is 0.333. The van der Waals surface area contributed by atoms with E-state index in [1.54, 1.807) is 12.1 Å². The minimum absolute atomic E-state index is 0.185. The number of piperazine rings is 1. The van der Waals surface area contributed by atoms with E-state index in [2.05, 4.69) is 95.4 Å². The van der Waals surface area contributed by atoms with Crippen LogP contribution in [0.1, 0.15) is 29.7 Å². The fourth-order valence-corrected chi connectivity index (χ4v) is 4.58. The average molecular weight is 458 g/mol. The van der Waals surface area contributed by atoms with Crippen LogP contribution in [0.25, 0.3) is 5.57 Å². The fourth-order valence-electron chi connectivity index (χ4n) is 4.58. The normalized spacial score (nSPS) is 15.9. The Labute approximate surface area is 204 Å². The highest BCUT2D eigenvalue weighted by atomic mass is 19.1. The molecule has 1 aliphatic heterocycles. The zero-order chi connectivity index (χ0) is 23.8. The summed E-state index contributed by atoms with van der Waals surface area (Å²) in [5, 5.41) is 0. The molecule has 0 aliphatic carbocycles. The molecule has 1 fully saturated rings. The second-order valence-corrected chi connectivity index (χ2v) is 9.22. The van der Waals surface area contributed by atoms with E-state index < -0.39 is 0 Å². The predicted molar refractivity (Wildman–Crippen MR) is 140 cm³/mol. The maximum atomic E-state index is 13.6. The van der Waals surface area contributed by atoms with Crippen molar-refractivity contribution in [1.29, 1.82) is 0 Å². The Hall–Kier alpha value is -2.79. The van der Waals surface area contributed by atoms with Gasteiger partial charge >= 0.3 is 0 Å². The van der Waals surface area contributed by atoms with Crippen LogP contribution in [0.2, 0.25) is 0 Å². The highest BCUT2D eigenvalue weighted by Gasteiger charge is 2.19. The third kappa shape index (κ3) is 6.63. The SMILES string of the molecule is CC(c1ccc(F)cc1)N(CC=C(c1ccccc1)c1ccccc1)CCN1CCN(C)CC1. The Morgan fingerprint density at radius 1 is 0.853 bits per heavy atom. The topological polar surface area (TPSA) is 9.72 Å². The van der Waals surface area contributed by atoms with Crippen molar-refractivity contribution < 1.29 is 4.39 Å². The summed E-state index contributed by atoms with van der Waals surface area (Å²) < 4.78 is 13.6. The molecule has 1 heterocycles. The lowest BCUT2D eigenvalue weighted by molar-refractivity contribution is 0.127. The quantitative estimate of drug-likeness (QED) is 0.416. The summed E-state index contributed by atoms with van der Waals surface area (Å²) in [7, 11) is 2.19. The largest absolute Gasteiger partial charge is 0.304 e. The van der Waals surface area contributed by atoms with Gasteiger partial charge in [-0.15, -0.1) is 0 Å². The molecule has 0 aromatic heterocycles. The minimum Gasteiger partial charge on any atom is -0.304 e. The summed E-state index contributed by atoms with van der Waals surface area (Å²) in [6, 6.07) is 28.4. The van der Waals surface area contributed by atoms with Gasteiger partial charge in [0.15, 0.2) is 0 Å². The van der Waals surface area contributed by atoms with Crippen molar-refractivity contribution in [3.05, 3.63) is 114 Å². The lowest BCUT2D eigenvalue weighted by atomic mass is 9.97.